The topological polar surface area (TPSA) is 53.8 Å². The summed E-state index contributed by atoms with van der Waals surface area (Å²) in [5.74, 6) is 0.914. The van der Waals surface area contributed by atoms with Crippen LogP contribution in [-0.4, -0.2) is 19.9 Å². The summed E-state index contributed by atoms with van der Waals surface area (Å²) in [6.45, 7) is 4.11. The van der Waals surface area contributed by atoms with Gasteiger partial charge in [-0.15, -0.1) is 0 Å². The predicted molar refractivity (Wildman–Crippen MR) is 68.8 cm³/mol. The Hall–Kier alpha value is -1.46. The molecule has 5 heteroatoms. The molecule has 0 saturated heterocycles. The molecule has 1 aromatic heterocycles. The fourth-order valence-electron chi connectivity index (χ4n) is 1.86. The lowest BCUT2D eigenvalue weighted by atomic mass is 10.0. The van der Waals surface area contributed by atoms with Crippen molar-refractivity contribution in [3.8, 4) is 5.69 Å². The van der Waals surface area contributed by atoms with Gasteiger partial charge in [0.25, 0.3) is 0 Å². The monoisotopic (exact) mass is 249 g/mol. The summed E-state index contributed by atoms with van der Waals surface area (Å²) in [5.41, 5.74) is 2.16. The Kier molecular flexibility index (Phi) is 3.40. The molecule has 0 spiro atoms. The van der Waals surface area contributed by atoms with Gasteiger partial charge in [-0.1, -0.05) is 32.0 Å². The first-order chi connectivity index (χ1) is 8.15. The fourth-order valence-corrected chi connectivity index (χ4v) is 2.11. The van der Waals surface area contributed by atoms with Gasteiger partial charge in [0.1, 0.15) is 6.61 Å². The molecular formula is C12H15N3OS. The zero-order chi connectivity index (χ0) is 12.4. The molecular weight excluding hydrogens is 234 g/mol. The van der Waals surface area contributed by atoms with Crippen LogP contribution >= 0.6 is 12.2 Å². The van der Waals surface area contributed by atoms with E-state index in [1.54, 1.807) is 4.57 Å². The SMILES string of the molecule is CC(C)c1ccccc1-n1c(CO)n[nH]c1=S. The first-order valence-corrected chi connectivity index (χ1v) is 5.92. The molecule has 0 atom stereocenters. The lowest BCUT2D eigenvalue weighted by Crippen LogP contribution is -2.05. The Morgan fingerprint density at radius 1 is 1.41 bits per heavy atom. The third-order valence-electron chi connectivity index (χ3n) is 2.68. The van der Waals surface area contributed by atoms with Crippen LogP contribution in [-0.2, 0) is 6.61 Å². The molecule has 0 bridgehead atoms. The number of para-hydroxylation sites is 1. The number of aliphatic hydroxyl groups excluding tert-OH is 1. The van der Waals surface area contributed by atoms with E-state index in [1.165, 1.54) is 5.56 Å². The minimum atomic E-state index is -0.139. The number of aromatic amines is 1. The van der Waals surface area contributed by atoms with E-state index in [0.29, 0.717) is 16.5 Å². The van der Waals surface area contributed by atoms with Gasteiger partial charge in [-0.2, -0.15) is 5.10 Å². The molecule has 2 rings (SSSR count). The van der Waals surface area contributed by atoms with Crippen molar-refractivity contribution in [1.82, 2.24) is 14.8 Å². The zero-order valence-corrected chi connectivity index (χ0v) is 10.7. The van der Waals surface area contributed by atoms with Gasteiger partial charge in [-0.05, 0) is 29.8 Å². The van der Waals surface area contributed by atoms with Crippen molar-refractivity contribution in [2.24, 2.45) is 0 Å². The van der Waals surface area contributed by atoms with E-state index in [9.17, 15) is 5.11 Å². The van der Waals surface area contributed by atoms with Crippen LogP contribution in [0.2, 0.25) is 0 Å². The molecule has 1 aromatic carbocycles. The third-order valence-corrected chi connectivity index (χ3v) is 2.96. The maximum absolute atomic E-state index is 9.27. The molecule has 0 aliphatic carbocycles. The number of hydrogen-bond donors (Lipinski definition) is 2. The largest absolute Gasteiger partial charge is 0.388 e. The van der Waals surface area contributed by atoms with Crippen molar-refractivity contribution in [2.75, 3.05) is 0 Å². The summed E-state index contributed by atoms with van der Waals surface area (Å²) in [4.78, 5) is 0. The van der Waals surface area contributed by atoms with Crippen LogP contribution in [0.15, 0.2) is 24.3 Å². The fraction of sp³-hybridized carbons (Fsp3) is 0.333. The van der Waals surface area contributed by atoms with Crippen LogP contribution in [0.1, 0.15) is 31.2 Å². The summed E-state index contributed by atoms with van der Waals surface area (Å²) in [7, 11) is 0. The van der Waals surface area contributed by atoms with Gasteiger partial charge < -0.3 is 5.11 Å². The predicted octanol–water partition coefficient (Wildman–Crippen LogP) is 2.55. The Balaban J connectivity index is 2.68. The molecule has 2 N–H and O–H groups in total. The van der Waals surface area contributed by atoms with Gasteiger partial charge in [0.15, 0.2) is 10.6 Å². The number of aliphatic hydroxyl groups is 1. The van der Waals surface area contributed by atoms with Crippen molar-refractivity contribution in [1.29, 1.82) is 0 Å². The highest BCUT2D eigenvalue weighted by Gasteiger charge is 2.12. The smallest absolute Gasteiger partial charge is 0.199 e. The standard InChI is InChI=1S/C12H15N3OS/c1-8(2)9-5-3-4-6-10(9)15-11(7-16)13-14-12(15)17/h3-6,8,16H,7H2,1-2H3,(H,14,17). The van der Waals surface area contributed by atoms with Crippen LogP contribution in [0.5, 0.6) is 0 Å². The quantitative estimate of drug-likeness (QED) is 0.822. The maximum atomic E-state index is 9.27. The molecule has 0 unspecified atom stereocenters. The van der Waals surface area contributed by atoms with Crippen molar-refractivity contribution in [3.05, 3.63) is 40.4 Å². The molecule has 17 heavy (non-hydrogen) atoms. The Morgan fingerprint density at radius 2 is 2.12 bits per heavy atom. The van der Waals surface area contributed by atoms with Crippen molar-refractivity contribution in [2.45, 2.75) is 26.4 Å². The van der Waals surface area contributed by atoms with Crippen LogP contribution < -0.4 is 0 Å². The zero-order valence-electron chi connectivity index (χ0n) is 9.84. The molecule has 90 valence electrons. The van der Waals surface area contributed by atoms with Gasteiger partial charge in [0.2, 0.25) is 0 Å². The first kappa shape index (κ1) is 12.0. The molecule has 0 radical (unpaired) electrons. The molecule has 0 amide bonds. The van der Waals surface area contributed by atoms with E-state index in [4.69, 9.17) is 12.2 Å². The molecule has 4 nitrogen and oxygen atoms in total. The molecule has 0 saturated carbocycles. The highest BCUT2D eigenvalue weighted by Crippen LogP contribution is 2.23. The highest BCUT2D eigenvalue weighted by atomic mass is 32.1. The number of nitrogens with zero attached hydrogens (tertiary/aromatic N) is 2. The average molecular weight is 249 g/mol. The summed E-state index contributed by atoms with van der Waals surface area (Å²) >= 11 is 5.20. The minimum absolute atomic E-state index is 0.139. The van der Waals surface area contributed by atoms with Crippen molar-refractivity contribution < 1.29 is 5.11 Å². The number of aromatic nitrogens is 3. The molecule has 1 heterocycles. The molecule has 0 aliphatic rings. The van der Waals surface area contributed by atoms with Gasteiger partial charge in [-0.25, -0.2) is 0 Å². The Labute approximate surface area is 105 Å². The lowest BCUT2D eigenvalue weighted by Gasteiger charge is -2.14. The summed E-state index contributed by atoms with van der Waals surface area (Å²) < 4.78 is 2.28. The van der Waals surface area contributed by atoms with Gasteiger partial charge >= 0.3 is 0 Å². The first-order valence-electron chi connectivity index (χ1n) is 5.51. The molecule has 0 aliphatic heterocycles. The van der Waals surface area contributed by atoms with E-state index in [-0.39, 0.29) is 6.61 Å². The highest BCUT2D eigenvalue weighted by molar-refractivity contribution is 7.71. The van der Waals surface area contributed by atoms with Crippen LogP contribution in [0.3, 0.4) is 0 Å². The number of rotatable bonds is 3. The second-order valence-electron chi connectivity index (χ2n) is 4.15. The van der Waals surface area contributed by atoms with E-state index < -0.39 is 0 Å². The van der Waals surface area contributed by atoms with Crippen molar-refractivity contribution >= 4 is 12.2 Å². The minimum Gasteiger partial charge on any atom is -0.388 e. The van der Waals surface area contributed by atoms with Gasteiger partial charge in [0.05, 0.1) is 5.69 Å². The maximum Gasteiger partial charge on any atom is 0.199 e. The second-order valence-corrected chi connectivity index (χ2v) is 4.54. The number of nitrogens with one attached hydrogen (secondary N) is 1. The lowest BCUT2D eigenvalue weighted by molar-refractivity contribution is 0.268. The van der Waals surface area contributed by atoms with Crippen molar-refractivity contribution in [3.63, 3.8) is 0 Å². The second kappa shape index (κ2) is 4.81. The van der Waals surface area contributed by atoms with Crippen LogP contribution in [0.25, 0.3) is 5.69 Å². The van der Waals surface area contributed by atoms with Crippen LogP contribution in [0.4, 0.5) is 0 Å². The van der Waals surface area contributed by atoms with E-state index in [1.807, 2.05) is 18.2 Å². The van der Waals surface area contributed by atoms with E-state index in [0.717, 1.165) is 5.69 Å². The van der Waals surface area contributed by atoms with E-state index in [2.05, 4.69) is 30.1 Å². The number of hydrogen-bond acceptors (Lipinski definition) is 3. The summed E-state index contributed by atoms with van der Waals surface area (Å²) in [6, 6.07) is 8.01. The third kappa shape index (κ3) is 2.16. The Morgan fingerprint density at radius 3 is 2.76 bits per heavy atom. The van der Waals surface area contributed by atoms with E-state index >= 15 is 0 Å². The normalized spacial score (nSPS) is 11.1. The van der Waals surface area contributed by atoms with Gasteiger partial charge in [0, 0.05) is 0 Å². The molecule has 2 aromatic rings. The van der Waals surface area contributed by atoms with Crippen LogP contribution in [0, 0.1) is 4.77 Å². The summed E-state index contributed by atoms with van der Waals surface area (Å²) in [6.07, 6.45) is 0. The Bertz CT molecular complexity index is 571. The number of H-pyrrole nitrogens is 1. The average Bonchev–Trinajstić information content (AvgIpc) is 2.70. The summed E-state index contributed by atoms with van der Waals surface area (Å²) in [5, 5.41) is 16.0. The number of benzene rings is 1. The van der Waals surface area contributed by atoms with Gasteiger partial charge in [-0.3, -0.25) is 9.67 Å². The molecule has 0 fully saturated rings.